The predicted octanol–water partition coefficient (Wildman–Crippen LogP) is 3.73. The minimum atomic E-state index is -2.79. The monoisotopic (exact) mass is 426 g/mol. The van der Waals surface area contributed by atoms with E-state index in [-0.39, 0.29) is 0 Å². The summed E-state index contributed by atoms with van der Waals surface area (Å²) in [4.78, 5) is 9.94. The molecule has 0 aliphatic carbocycles. The van der Waals surface area contributed by atoms with Crippen molar-refractivity contribution in [2.45, 2.75) is 25.2 Å². The molecule has 1 unspecified atom stereocenters. The number of benzene rings is 2. The first-order valence-corrected chi connectivity index (χ1v) is 11.8. The van der Waals surface area contributed by atoms with Crippen LogP contribution in [-0.2, 0) is 16.1 Å². The topological polar surface area (TPSA) is 83.0 Å². The molecule has 150 valence electrons. The highest BCUT2D eigenvalue weighted by atomic mass is 32.2. The Bertz CT molecular complexity index is 1290. The van der Waals surface area contributed by atoms with E-state index in [1.165, 1.54) is 0 Å². The number of aryl methyl sites for hydroxylation is 1. The molecule has 4 aromatic rings. The smallest absolute Gasteiger partial charge is 0.149 e. The maximum Gasteiger partial charge on any atom is 0.149 e. The zero-order chi connectivity index (χ0) is 20.6. The van der Waals surface area contributed by atoms with Crippen LogP contribution in [0, 0.1) is 6.92 Å². The molecule has 1 atom stereocenters. The van der Waals surface area contributed by atoms with Gasteiger partial charge in [-0.3, -0.25) is 9.71 Å². The quantitative estimate of drug-likeness (QED) is 0.476. The molecule has 2 aromatic heterocycles. The SMILES string of the molecule is C=S(N)(=O)c1ccc(OCC)c(Cc2nc(-n3c(C)nc4ccccc43)cs2)c1. The Labute approximate surface area is 174 Å². The summed E-state index contributed by atoms with van der Waals surface area (Å²) in [6.45, 7) is 4.44. The van der Waals surface area contributed by atoms with Crippen molar-refractivity contribution in [1.82, 2.24) is 14.5 Å². The van der Waals surface area contributed by atoms with Gasteiger partial charge in [-0.2, -0.15) is 0 Å². The number of para-hydroxylation sites is 2. The molecule has 2 N–H and O–H groups in total. The van der Waals surface area contributed by atoms with Gasteiger partial charge in [0.15, 0.2) is 0 Å². The lowest BCUT2D eigenvalue weighted by molar-refractivity contribution is 0.337. The number of rotatable bonds is 6. The molecule has 8 heteroatoms. The fraction of sp³-hybridized carbons (Fsp3) is 0.190. The van der Waals surface area contributed by atoms with E-state index in [2.05, 4.69) is 15.4 Å². The van der Waals surface area contributed by atoms with Gasteiger partial charge in [0.2, 0.25) is 0 Å². The van der Waals surface area contributed by atoms with E-state index in [4.69, 9.17) is 14.9 Å². The molecule has 0 radical (unpaired) electrons. The van der Waals surface area contributed by atoms with Crippen molar-refractivity contribution in [2.24, 2.45) is 5.14 Å². The van der Waals surface area contributed by atoms with Gasteiger partial charge in [0.05, 0.1) is 32.4 Å². The predicted molar refractivity (Wildman–Crippen MR) is 120 cm³/mol. The number of ether oxygens (including phenoxy) is 1. The van der Waals surface area contributed by atoms with Crippen molar-refractivity contribution in [3.63, 3.8) is 0 Å². The molecule has 29 heavy (non-hydrogen) atoms. The van der Waals surface area contributed by atoms with E-state index in [1.54, 1.807) is 29.5 Å². The molecule has 6 nitrogen and oxygen atoms in total. The lowest BCUT2D eigenvalue weighted by Crippen LogP contribution is -2.12. The van der Waals surface area contributed by atoms with E-state index in [0.29, 0.717) is 17.9 Å². The molecule has 0 aliphatic rings. The van der Waals surface area contributed by atoms with Crippen LogP contribution in [0.5, 0.6) is 5.75 Å². The highest BCUT2D eigenvalue weighted by molar-refractivity contribution is 7.98. The minimum Gasteiger partial charge on any atom is -0.494 e. The number of imidazole rings is 1. The van der Waals surface area contributed by atoms with Crippen molar-refractivity contribution in [3.05, 3.63) is 64.2 Å². The standard InChI is InChI=1S/C21H22N4O2S2/c1-4-27-19-10-9-16(29(3,22)26)11-15(19)12-21-24-20(13-28-21)25-14(2)23-17-7-5-6-8-18(17)25/h5-11,13H,3-4,12H2,1-2H3,(H2,22,26). The first-order valence-electron chi connectivity index (χ1n) is 9.16. The lowest BCUT2D eigenvalue weighted by atomic mass is 10.1. The zero-order valence-electron chi connectivity index (χ0n) is 16.3. The van der Waals surface area contributed by atoms with E-state index in [1.807, 2.05) is 43.5 Å². The number of nitrogens with two attached hydrogens (primary N) is 1. The fourth-order valence-corrected chi connectivity index (χ4v) is 4.71. The molecular formula is C21H22N4O2S2. The average Bonchev–Trinajstić information content (AvgIpc) is 3.25. The highest BCUT2D eigenvalue weighted by Gasteiger charge is 2.15. The Morgan fingerprint density at radius 2 is 2.03 bits per heavy atom. The van der Waals surface area contributed by atoms with Crippen LogP contribution < -0.4 is 9.88 Å². The Hall–Kier alpha value is -2.68. The summed E-state index contributed by atoms with van der Waals surface area (Å²) in [7, 11) is -2.79. The molecular weight excluding hydrogens is 404 g/mol. The Kier molecular flexibility index (Phi) is 5.16. The van der Waals surface area contributed by atoms with Crippen LogP contribution in [0.15, 0.2) is 52.7 Å². The third-order valence-corrected chi connectivity index (χ3v) is 6.46. The first-order chi connectivity index (χ1) is 13.9. The van der Waals surface area contributed by atoms with Crippen LogP contribution in [0.4, 0.5) is 0 Å². The van der Waals surface area contributed by atoms with Gasteiger partial charge in [0.25, 0.3) is 0 Å². The number of aromatic nitrogens is 3. The molecule has 0 saturated heterocycles. The van der Waals surface area contributed by atoms with Gasteiger partial charge in [-0.25, -0.2) is 14.2 Å². The van der Waals surface area contributed by atoms with Gasteiger partial charge in [0.1, 0.15) is 17.4 Å². The lowest BCUT2D eigenvalue weighted by Gasteiger charge is -2.12. The summed E-state index contributed by atoms with van der Waals surface area (Å²) in [6, 6.07) is 13.3. The van der Waals surface area contributed by atoms with Crippen molar-refractivity contribution in [3.8, 4) is 11.6 Å². The summed E-state index contributed by atoms with van der Waals surface area (Å²) < 4.78 is 20.0. The van der Waals surface area contributed by atoms with Crippen molar-refractivity contribution in [1.29, 1.82) is 0 Å². The van der Waals surface area contributed by atoms with E-state index in [0.717, 1.165) is 39.0 Å². The van der Waals surface area contributed by atoms with E-state index < -0.39 is 9.71 Å². The fourth-order valence-electron chi connectivity index (χ4n) is 3.29. The number of hydrogen-bond acceptors (Lipinski definition) is 5. The molecule has 2 heterocycles. The Morgan fingerprint density at radius 1 is 1.24 bits per heavy atom. The van der Waals surface area contributed by atoms with E-state index in [9.17, 15) is 4.21 Å². The molecule has 0 spiro atoms. The second kappa shape index (κ2) is 7.62. The molecule has 4 rings (SSSR count). The van der Waals surface area contributed by atoms with Crippen molar-refractivity contribution >= 4 is 37.9 Å². The largest absolute Gasteiger partial charge is 0.494 e. The summed E-state index contributed by atoms with van der Waals surface area (Å²) in [5.74, 6) is 6.05. The maximum absolute atomic E-state index is 12.2. The first kappa shape index (κ1) is 19.6. The van der Waals surface area contributed by atoms with Gasteiger partial charge in [-0.15, -0.1) is 11.3 Å². The third kappa shape index (κ3) is 3.91. The van der Waals surface area contributed by atoms with Crippen molar-refractivity contribution < 1.29 is 8.95 Å². The number of hydrogen-bond donors (Lipinski definition) is 1. The van der Waals surface area contributed by atoms with Crippen LogP contribution in [0.1, 0.15) is 23.3 Å². The van der Waals surface area contributed by atoms with Crippen LogP contribution in [0.3, 0.4) is 0 Å². The number of fused-ring (bicyclic) bond motifs is 1. The van der Waals surface area contributed by atoms with Gasteiger partial charge < -0.3 is 4.74 Å². The summed E-state index contributed by atoms with van der Waals surface area (Å²) in [5.41, 5.74) is 2.86. The van der Waals surface area contributed by atoms with Crippen LogP contribution >= 0.6 is 11.3 Å². The molecule has 2 aromatic carbocycles. The van der Waals surface area contributed by atoms with Crippen LogP contribution in [0.25, 0.3) is 16.9 Å². The maximum atomic E-state index is 12.2. The van der Waals surface area contributed by atoms with Crippen molar-refractivity contribution in [2.75, 3.05) is 6.61 Å². The van der Waals surface area contributed by atoms with Gasteiger partial charge >= 0.3 is 0 Å². The minimum absolute atomic E-state index is 0.504. The summed E-state index contributed by atoms with van der Waals surface area (Å²) >= 11 is 1.57. The zero-order valence-corrected chi connectivity index (χ0v) is 17.9. The van der Waals surface area contributed by atoms with Crippen LogP contribution in [-0.4, -0.2) is 31.2 Å². The van der Waals surface area contributed by atoms with E-state index >= 15 is 0 Å². The highest BCUT2D eigenvalue weighted by Crippen LogP contribution is 2.28. The Balaban J connectivity index is 1.72. The Morgan fingerprint density at radius 3 is 2.79 bits per heavy atom. The molecule has 0 amide bonds. The van der Waals surface area contributed by atoms with Gasteiger partial charge in [0, 0.05) is 22.3 Å². The molecule has 0 fully saturated rings. The second-order valence-corrected chi connectivity index (χ2v) is 9.55. The van der Waals surface area contributed by atoms with Gasteiger partial charge in [-0.05, 0) is 50.0 Å². The molecule has 0 saturated carbocycles. The third-order valence-electron chi connectivity index (χ3n) is 4.57. The van der Waals surface area contributed by atoms with Gasteiger partial charge in [-0.1, -0.05) is 12.1 Å². The number of nitrogens with zero attached hydrogens (tertiary/aromatic N) is 3. The molecule has 0 bridgehead atoms. The summed E-state index contributed by atoms with van der Waals surface area (Å²) in [6.07, 6.45) is 0.551. The van der Waals surface area contributed by atoms with Crippen LogP contribution in [0.2, 0.25) is 0 Å². The average molecular weight is 427 g/mol. The number of thiazole rings is 1. The summed E-state index contributed by atoms with van der Waals surface area (Å²) in [5, 5.41) is 8.67. The normalized spacial score (nSPS) is 13.5. The molecule has 0 aliphatic heterocycles. The second-order valence-electron chi connectivity index (χ2n) is 6.69.